The quantitative estimate of drug-likeness (QED) is 0.694. The molecule has 0 aromatic rings. The molecule has 0 fully saturated rings. The Labute approximate surface area is 99.1 Å². The van der Waals surface area contributed by atoms with Crippen LogP contribution in [0.25, 0.3) is 0 Å². The summed E-state index contributed by atoms with van der Waals surface area (Å²) in [5, 5.41) is 0. The van der Waals surface area contributed by atoms with Gasteiger partial charge in [0.1, 0.15) is 0 Å². The van der Waals surface area contributed by atoms with E-state index in [9.17, 15) is 4.79 Å². The van der Waals surface area contributed by atoms with E-state index in [1.807, 2.05) is 20.9 Å². The summed E-state index contributed by atoms with van der Waals surface area (Å²) in [5.74, 6) is -0.176. The lowest BCUT2D eigenvalue weighted by Crippen LogP contribution is -2.43. The van der Waals surface area contributed by atoms with Gasteiger partial charge in [-0.2, -0.15) is 0 Å². The van der Waals surface area contributed by atoms with E-state index in [-0.39, 0.29) is 11.4 Å². The van der Waals surface area contributed by atoms with Gasteiger partial charge >= 0.3 is 5.97 Å². The first-order chi connectivity index (χ1) is 7.14. The lowest BCUT2D eigenvalue weighted by atomic mass is 9.90. The molecule has 0 rings (SSSR count). The maximum atomic E-state index is 11.5. The van der Waals surface area contributed by atoms with E-state index < -0.39 is 5.41 Å². The highest BCUT2D eigenvalue weighted by Gasteiger charge is 2.31. The van der Waals surface area contributed by atoms with Crippen molar-refractivity contribution in [2.45, 2.75) is 27.7 Å². The molecule has 0 aromatic heterocycles. The van der Waals surface area contributed by atoms with Crippen molar-refractivity contribution >= 4 is 5.97 Å². The van der Waals surface area contributed by atoms with Crippen LogP contribution < -0.4 is 5.73 Å². The van der Waals surface area contributed by atoms with Gasteiger partial charge in [-0.05, 0) is 32.9 Å². The van der Waals surface area contributed by atoms with Crippen LogP contribution in [-0.2, 0) is 9.53 Å². The van der Waals surface area contributed by atoms with E-state index in [4.69, 9.17) is 10.5 Å². The number of esters is 1. The second kappa shape index (κ2) is 5.64. The summed E-state index contributed by atoms with van der Waals surface area (Å²) < 4.78 is 4.78. The van der Waals surface area contributed by atoms with Crippen LogP contribution in [0.4, 0.5) is 0 Å². The Hall–Kier alpha value is -0.610. The van der Waals surface area contributed by atoms with Crippen molar-refractivity contribution in [2.24, 2.45) is 16.6 Å². The number of hydrogen-bond donors (Lipinski definition) is 1. The minimum Gasteiger partial charge on any atom is -0.469 e. The zero-order valence-corrected chi connectivity index (χ0v) is 11.5. The molecule has 4 heteroatoms. The predicted octanol–water partition coefficient (Wildman–Crippen LogP) is 1.10. The highest BCUT2D eigenvalue weighted by Crippen LogP contribution is 2.21. The molecule has 96 valence electrons. The Bertz CT molecular complexity index is 237. The average Bonchev–Trinajstić information content (AvgIpc) is 2.14. The molecule has 0 unspecified atom stereocenters. The first kappa shape index (κ1) is 15.4. The van der Waals surface area contributed by atoms with Crippen LogP contribution in [0, 0.1) is 10.8 Å². The number of nitrogens with zero attached hydrogens (tertiary/aromatic N) is 1. The van der Waals surface area contributed by atoms with Crippen LogP contribution in [0.1, 0.15) is 27.7 Å². The highest BCUT2D eigenvalue weighted by atomic mass is 16.5. The summed E-state index contributed by atoms with van der Waals surface area (Å²) in [5.41, 5.74) is 5.28. The molecule has 0 spiro atoms. The standard InChI is InChI=1S/C12H26N2O2/c1-11(2,7-13)8-14(5)9-12(3,4)10(15)16-6/h7-9,13H2,1-6H3. The zero-order chi connectivity index (χ0) is 13.0. The molecule has 0 radical (unpaired) electrons. The van der Waals surface area contributed by atoms with Crippen LogP contribution in [0.5, 0.6) is 0 Å². The third kappa shape index (κ3) is 4.94. The third-order valence-electron chi connectivity index (χ3n) is 2.65. The lowest BCUT2D eigenvalue weighted by molar-refractivity contribution is -0.151. The molecule has 0 saturated heterocycles. The number of carbonyl (C=O) groups is 1. The van der Waals surface area contributed by atoms with Gasteiger partial charge in [-0.3, -0.25) is 4.79 Å². The normalized spacial score (nSPS) is 13.0. The van der Waals surface area contributed by atoms with Crippen LogP contribution in [0.15, 0.2) is 0 Å². The van der Waals surface area contributed by atoms with E-state index in [2.05, 4.69) is 18.7 Å². The van der Waals surface area contributed by atoms with Crippen LogP contribution >= 0.6 is 0 Å². The van der Waals surface area contributed by atoms with Crippen molar-refractivity contribution in [3.05, 3.63) is 0 Å². The summed E-state index contributed by atoms with van der Waals surface area (Å²) in [6.45, 7) is 10.2. The first-order valence-electron chi connectivity index (χ1n) is 5.62. The summed E-state index contributed by atoms with van der Waals surface area (Å²) in [6, 6.07) is 0. The van der Waals surface area contributed by atoms with Crippen molar-refractivity contribution < 1.29 is 9.53 Å². The fourth-order valence-corrected chi connectivity index (χ4v) is 1.87. The van der Waals surface area contributed by atoms with Gasteiger partial charge in [-0.15, -0.1) is 0 Å². The summed E-state index contributed by atoms with van der Waals surface area (Å²) >= 11 is 0. The zero-order valence-electron chi connectivity index (χ0n) is 11.5. The predicted molar refractivity (Wildman–Crippen MR) is 66.1 cm³/mol. The van der Waals surface area contributed by atoms with Gasteiger partial charge in [0.05, 0.1) is 12.5 Å². The number of hydrogen-bond acceptors (Lipinski definition) is 4. The van der Waals surface area contributed by atoms with E-state index in [1.54, 1.807) is 0 Å². The second-order valence-corrected chi connectivity index (χ2v) is 5.92. The molecule has 4 nitrogen and oxygen atoms in total. The maximum absolute atomic E-state index is 11.5. The van der Waals surface area contributed by atoms with Crippen LogP contribution in [0.2, 0.25) is 0 Å². The molecule has 2 N–H and O–H groups in total. The van der Waals surface area contributed by atoms with Crippen molar-refractivity contribution in [1.82, 2.24) is 4.90 Å². The summed E-state index contributed by atoms with van der Waals surface area (Å²) in [6.07, 6.45) is 0. The highest BCUT2D eigenvalue weighted by molar-refractivity contribution is 5.76. The largest absolute Gasteiger partial charge is 0.469 e. The molecule has 0 atom stereocenters. The SMILES string of the molecule is COC(=O)C(C)(C)CN(C)CC(C)(C)CN. The summed E-state index contributed by atoms with van der Waals surface area (Å²) in [4.78, 5) is 13.7. The van der Waals surface area contributed by atoms with Gasteiger partial charge in [-0.25, -0.2) is 0 Å². The van der Waals surface area contributed by atoms with Crippen LogP contribution in [0.3, 0.4) is 0 Å². The number of ether oxygens (including phenoxy) is 1. The lowest BCUT2D eigenvalue weighted by Gasteiger charge is -2.33. The van der Waals surface area contributed by atoms with Crippen molar-refractivity contribution in [1.29, 1.82) is 0 Å². The van der Waals surface area contributed by atoms with Gasteiger partial charge in [0, 0.05) is 13.1 Å². The minimum absolute atomic E-state index is 0.0704. The fraction of sp³-hybridized carbons (Fsp3) is 0.917. The van der Waals surface area contributed by atoms with Gasteiger partial charge in [-0.1, -0.05) is 13.8 Å². The topological polar surface area (TPSA) is 55.6 Å². The molecular weight excluding hydrogens is 204 g/mol. The van der Waals surface area contributed by atoms with E-state index >= 15 is 0 Å². The van der Waals surface area contributed by atoms with Gasteiger partial charge in [0.25, 0.3) is 0 Å². The Balaban J connectivity index is 4.34. The van der Waals surface area contributed by atoms with E-state index in [0.29, 0.717) is 13.1 Å². The molecule has 0 amide bonds. The molecule has 0 aliphatic heterocycles. The number of nitrogens with two attached hydrogens (primary N) is 1. The Kier molecular flexibility index (Phi) is 5.42. The molecule has 0 aliphatic rings. The van der Waals surface area contributed by atoms with Crippen LogP contribution in [-0.4, -0.2) is 44.7 Å². The van der Waals surface area contributed by atoms with Gasteiger partial charge in [0.2, 0.25) is 0 Å². The van der Waals surface area contributed by atoms with Crippen molar-refractivity contribution in [3.63, 3.8) is 0 Å². The van der Waals surface area contributed by atoms with Crippen molar-refractivity contribution in [2.75, 3.05) is 33.8 Å². The monoisotopic (exact) mass is 230 g/mol. The molecule has 0 saturated carbocycles. The Morgan fingerprint density at radius 2 is 1.75 bits per heavy atom. The number of carbonyl (C=O) groups excluding carboxylic acids is 1. The molecule has 0 aromatic carbocycles. The second-order valence-electron chi connectivity index (χ2n) is 5.92. The molecule has 0 aliphatic carbocycles. The fourth-order valence-electron chi connectivity index (χ4n) is 1.87. The minimum atomic E-state index is -0.478. The van der Waals surface area contributed by atoms with E-state index in [1.165, 1.54) is 7.11 Å². The third-order valence-corrected chi connectivity index (χ3v) is 2.65. The Morgan fingerprint density at radius 3 is 2.12 bits per heavy atom. The molecular formula is C12H26N2O2. The average molecular weight is 230 g/mol. The molecule has 16 heavy (non-hydrogen) atoms. The molecule has 0 heterocycles. The number of rotatable bonds is 6. The molecule has 0 bridgehead atoms. The smallest absolute Gasteiger partial charge is 0.312 e. The van der Waals surface area contributed by atoms with Gasteiger partial charge < -0.3 is 15.4 Å². The Morgan fingerprint density at radius 1 is 1.25 bits per heavy atom. The van der Waals surface area contributed by atoms with Gasteiger partial charge in [0.15, 0.2) is 0 Å². The number of methoxy groups -OCH3 is 1. The van der Waals surface area contributed by atoms with Crippen molar-refractivity contribution in [3.8, 4) is 0 Å². The summed E-state index contributed by atoms with van der Waals surface area (Å²) in [7, 11) is 3.43. The van der Waals surface area contributed by atoms with E-state index in [0.717, 1.165) is 6.54 Å². The maximum Gasteiger partial charge on any atom is 0.312 e. The first-order valence-corrected chi connectivity index (χ1v) is 5.62.